The van der Waals surface area contributed by atoms with Crippen molar-refractivity contribution in [3.05, 3.63) is 35.4 Å². The second-order valence-corrected chi connectivity index (χ2v) is 5.67. The lowest BCUT2D eigenvalue weighted by Crippen LogP contribution is -2.64. The molecule has 0 aromatic heterocycles. The highest BCUT2D eigenvalue weighted by Crippen LogP contribution is 2.23. The molecule has 1 amide bonds. The number of amides is 1. The summed E-state index contributed by atoms with van der Waals surface area (Å²) in [6.45, 7) is 6.87. The highest BCUT2D eigenvalue weighted by Gasteiger charge is 2.40. The Morgan fingerprint density at radius 3 is 2.55 bits per heavy atom. The molecule has 1 aliphatic carbocycles. The molecule has 0 radical (unpaired) electrons. The maximum atomic E-state index is 12.2. The number of benzene rings is 1. The molecule has 4 heteroatoms. The van der Waals surface area contributed by atoms with Gasteiger partial charge in [-0.05, 0) is 37.0 Å². The summed E-state index contributed by atoms with van der Waals surface area (Å²) < 4.78 is 5.55. The van der Waals surface area contributed by atoms with Crippen LogP contribution < -0.4 is 11.1 Å². The summed E-state index contributed by atoms with van der Waals surface area (Å²) >= 11 is 0. The molecule has 20 heavy (non-hydrogen) atoms. The van der Waals surface area contributed by atoms with E-state index in [1.165, 1.54) is 5.56 Å². The zero-order chi connectivity index (χ0) is 14.7. The SMILES string of the molecule is CCOC1CC(N)C1NC(=O)c1ccc(C(C)C)cc1. The summed E-state index contributed by atoms with van der Waals surface area (Å²) in [5, 5.41) is 2.98. The molecule has 110 valence electrons. The van der Waals surface area contributed by atoms with Crippen LogP contribution in [0.1, 0.15) is 49.0 Å². The lowest BCUT2D eigenvalue weighted by atomic mass is 9.83. The van der Waals surface area contributed by atoms with Crippen molar-refractivity contribution >= 4 is 5.91 Å². The molecule has 4 nitrogen and oxygen atoms in total. The third-order valence-electron chi connectivity index (χ3n) is 3.88. The van der Waals surface area contributed by atoms with Crippen LogP contribution in [0.15, 0.2) is 24.3 Å². The zero-order valence-electron chi connectivity index (χ0n) is 12.4. The van der Waals surface area contributed by atoms with Gasteiger partial charge in [0.2, 0.25) is 0 Å². The van der Waals surface area contributed by atoms with E-state index in [1.54, 1.807) is 0 Å². The molecule has 3 atom stereocenters. The van der Waals surface area contributed by atoms with Gasteiger partial charge >= 0.3 is 0 Å². The topological polar surface area (TPSA) is 64.3 Å². The zero-order valence-corrected chi connectivity index (χ0v) is 12.4. The van der Waals surface area contributed by atoms with Crippen LogP contribution in [0.3, 0.4) is 0 Å². The summed E-state index contributed by atoms with van der Waals surface area (Å²) in [4.78, 5) is 12.2. The lowest BCUT2D eigenvalue weighted by Gasteiger charge is -2.42. The minimum absolute atomic E-state index is 0.00885. The molecule has 0 bridgehead atoms. The van der Waals surface area contributed by atoms with Crippen molar-refractivity contribution in [3.63, 3.8) is 0 Å². The van der Waals surface area contributed by atoms with E-state index in [9.17, 15) is 4.79 Å². The van der Waals surface area contributed by atoms with E-state index >= 15 is 0 Å². The van der Waals surface area contributed by atoms with Gasteiger partial charge in [-0.2, -0.15) is 0 Å². The van der Waals surface area contributed by atoms with Crippen molar-refractivity contribution in [2.45, 2.75) is 51.3 Å². The Morgan fingerprint density at radius 2 is 2.05 bits per heavy atom. The summed E-state index contributed by atoms with van der Waals surface area (Å²) in [6.07, 6.45) is 0.860. The van der Waals surface area contributed by atoms with Crippen molar-refractivity contribution in [2.24, 2.45) is 5.73 Å². The van der Waals surface area contributed by atoms with Gasteiger partial charge in [-0.15, -0.1) is 0 Å². The fourth-order valence-electron chi connectivity index (χ4n) is 2.48. The van der Waals surface area contributed by atoms with Crippen LogP contribution in [-0.4, -0.2) is 30.7 Å². The number of ether oxygens (including phenoxy) is 1. The standard InChI is InChI=1S/C16H24N2O2/c1-4-20-14-9-13(17)15(14)18-16(19)12-7-5-11(6-8-12)10(2)3/h5-8,10,13-15H,4,9,17H2,1-3H3,(H,18,19). The molecule has 1 aromatic carbocycles. The largest absolute Gasteiger partial charge is 0.376 e. The second kappa shape index (κ2) is 6.37. The minimum atomic E-state index is -0.0786. The molecule has 3 unspecified atom stereocenters. The second-order valence-electron chi connectivity index (χ2n) is 5.67. The molecule has 0 spiro atoms. The van der Waals surface area contributed by atoms with Crippen molar-refractivity contribution < 1.29 is 9.53 Å². The number of hydrogen-bond donors (Lipinski definition) is 2. The molecule has 1 aromatic rings. The van der Waals surface area contributed by atoms with Gasteiger partial charge in [0.15, 0.2) is 0 Å². The molecule has 1 fully saturated rings. The fraction of sp³-hybridized carbons (Fsp3) is 0.562. The first-order chi connectivity index (χ1) is 9.52. The van der Waals surface area contributed by atoms with Crippen molar-refractivity contribution in [1.82, 2.24) is 5.32 Å². The Bertz CT molecular complexity index is 454. The number of rotatable bonds is 5. The van der Waals surface area contributed by atoms with E-state index in [0.717, 1.165) is 6.42 Å². The Labute approximate surface area is 120 Å². The van der Waals surface area contributed by atoms with Crippen LogP contribution in [0.4, 0.5) is 0 Å². The molecular weight excluding hydrogens is 252 g/mol. The van der Waals surface area contributed by atoms with Crippen LogP contribution in [0.5, 0.6) is 0 Å². The fourth-order valence-corrected chi connectivity index (χ4v) is 2.48. The predicted octanol–water partition coefficient (Wildman–Crippen LogP) is 2.04. The lowest BCUT2D eigenvalue weighted by molar-refractivity contribution is -0.0300. The van der Waals surface area contributed by atoms with Crippen LogP contribution in [-0.2, 0) is 4.74 Å². The van der Waals surface area contributed by atoms with E-state index < -0.39 is 0 Å². The monoisotopic (exact) mass is 276 g/mol. The van der Waals surface area contributed by atoms with Crippen molar-refractivity contribution in [3.8, 4) is 0 Å². The number of hydrogen-bond acceptors (Lipinski definition) is 3. The summed E-state index contributed by atoms with van der Waals surface area (Å²) in [5.41, 5.74) is 7.84. The number of nitrogens with two attached hydrogens (primary N) is 1. The Hall–Kier alpha value is -1.39. The Balaban J connectivity index is 1.97. The van der Waals surface area contributed by atoms with Gasteiger partial charge in [0, 0.05) is 18.2 Å². The van der Waals surface area contributed by atoms with E-state index in [2.05, 4.69) is 19.2 Å². The van der Waals surface area contributed by atoms with Gasteiger partial charge in [0.05, 0.1) is 12.1 Å². The van der Waals surface area contributed by atoms with E-state index in [1.807, 2.05) is 31.2 Å². The van der Waals surface area contributed by atoms with Crippen LogP contribution in [0.2, 0.25) is 0 Å². The molecule has 3 N–H and O–H groups in total. The first-order valence-electron chi connectivity index (χ1n) is 7.31. The maximum Gasteiger partial charge on any atom is 0.251 e. The molecule has 2 rings (SSSR count). The van der Waals surface area contributed by atoms with Gasteiger partial charge in [-0.1, -0.05) is 26.0 Å². The number of carbonyl (C=O) groups is 1. The van der Waals surface area contributed by atoms with Crippen molar-refractivity contribution in [1.29, 1.82) is 0 Å². The quantitative estimate of drug-likeness (QED) is 0.865. The Morgan fingerprint density at radius 1 is 1.40 bits per heavy atom. The smallest absolute Gasteiger partial charge is 0.251 e. The normalized spacial score (nSPS) is 25.4. The third-order valence-corrected chi connectivity index (χ3v) is 3.88. The van der Waals surface area contributed by atoms with Gasteiger partial charge in [0.25, 0.3) is 5.91 Å². The average Bonchev–Trinajstić information content (AvgIpc) is 2.44. The van der Waals surface area contributed by atoms with Crippen LogP contribution in [0, 0.1) is 0 Å². The summed E-state index contributed by atoms with van der Waals surface area (Å²) in [6, 6.07) is 7.65. The first-order valence-corrected chi connectivity index (χ1v) is 7.31. The van der Waals surface area contributed by atoms with Gasteiger partial charge in [-0.3, -0.25) is 4.79 Å². The van der Waals surface area contributed by atoms with Gasteiger partial charge in [-0.25, -0.2) is 0 Å². The summed E-state index contributed by atoms with van der Waals surface area (Å²) in [7, 11) is 0. The highest BCUT2D eigenvalue weighted by atomic mass is 16.5. The Kier molecular flexibility index (Phi) is 4.78. The number of nitrogens with one attached hydrogen (secondary N) is 1. The molecule has 0 heterocycles. The van der Waals surface area contributed by atoms with Crippen LogP contribution in [0.25, 0.3) is 0 Å². The average molecular weight is 276 g/mol. The molecule has 1 aliphatic rings. The first kappa shape index (κ1) is 15.0. The number of carbonyl (C=O) groups excluding carboxylic acids is 1. The maximum absolute atomic E-state index is 12.2. The molecule has 0 saturated heterocycles. The summed E-state index contributed by atoms with van der Waals surface area (Å²) in [5.74, 6) is 0.389. The van der Waals surface area contributed by atoms with Crippen LogP contribution >= 0.6 is 0 Å². The molecule has 1 saturated carbocycles. The van der Waals surface area contributed by atoms with E-state index in [4.69, 9.17) is 10.5 Å². The van der Waals surface area contributed by atoms with Gasteiger partial charge < -0.3 is 15.8 Å². The predicted molar refractivity (Wildman–Crippen MR) is 79.8 cm³/mol. The molecular formula is C16H24N2O2. The molecule has 0 aliphatic heterocycles. The van der Waals surface area contributed by atoms with Crippen molar-refractivity contribution in [2.75, 3.05) is 6.61 Å². The van der Waals surface area contributed by atoms with Gasteiger partial charge in [0.1, 0.15) is 0 Å². The minimum Gasteiger partial charge on any atom is -0.376 e. The highest BCUT2D eigenvalue weighted by molar-refractivity contribution is 5.94. The van der Waals surface area contributed by atoms with E-state index in [-0.39, 0.29) is 24.1 Å². The van der Waals surface area contributed by atoms with E-state index in [0.29, 0.717) is 18.1 Å². The third kappa shape index (κ3) is 3.19.